The van der Waals surface area contributed by atoms with Crippen molar-refractivity contribution in [1.29, 1.82) is 0 Å². The van der Waals surface area contributed by atoms with Gasteiger partial charge in [-0.05, 0) is 30.2 Å². The zero-order valence-corrected chi connectivity index (χ0v) is 16.1. The van der Waals surface area contributed by atoms with Gasteiger partial charge in [0.2, 0.25) is 5.91 Å². The Kier molecular flexibility index (Phi) is 6.90. The Morgan fingerprint density at radius 2 is 1.89 bits per heavy atom. The van der Waals surface area contributed by atoms with Gasteiger partial charge in [0.1, 0.15) is 5.75 Å². The molecule has 0 spiro atoms. The predicted molar refractivity (Wildman–Crippen MR) is 105 cm³/mol. The van der Waals surface area contributed by atoms with Crippen LogP contribution in [0.1, 0.15) is 30.9 Å². The highest BCUT2D eigenvalue weighted by Gasteiger charge is 2.15. The summed E-state index contributed by atoms with van der Waals surface area (Å²) in [6.07, 6.45) is 0. The van der Waals surface area contributed by atoms with E-state index in [9.17, 15) is 14.9 Å². The van der Waals surface area contributed by atoms with Crippen molar-refractivity contribution in [2.75, 3.05) is 26.0 Å². The smallest absolute Gasteiger partial charge is 0.271 e. The van der Waals surface area contributed by atoms with E-state index in [2.05, 4.69) is 43.4 Å². The van der Waals surface area contributed by atoms with E-state index in [1.54, 1.807) is 0 Å². The van der Waals surface area contributed by atoms with Crippen molar-refractivity contribution in [2.45, 2.75) is 26.3 Å². The summed E-state index contributed by atoms with van der Waals surface area (Å²) in [5, 5.41) is 13.6. The van der Waals surface area contributed by atoms with Crippen molar-refractivity contribution >= 4 is 17.3 Å². The molecule has 144 valence electrons. The summed E-state index contributed by atoms with van der Waals surface area (Å²) in [4.78, 5) is 24.6. The van der Waals surface area contributed by atoms with E-state index in [4.69, 9.17) is 4.74 Å². The largest absolute Gasteiger partial charge is 0.495 e. The van der Waals surface area contributed by atoms with Crippen LogP contribution in [0.4, 0.5) is 11.4 Å². The zero-order valence-electron chi connectivity index (χ0n) is 16.1. The summed E-state index contributed by atoms with van der Waals surface area (Å²) < 4.78 is 5.16. The van der Waals surface area contributed by atoms with Gasteiger partial charge in [-0.1, -0.05) is 38.1 Å². The van der Waals surface area contributed by atoms with Gasteiger partial charge in [0, 0.05) is 18.7 Å². The molecule has 0 unspecified atom stereocenters. The van der Waals surface area contributed by atoms with Gasteiger partial charge < -0.3 is 10.1 Å². The number of carbonyl (C=O) groups excluding carboxylic acids is 1. The Hall–Kier alpha value is -2.93. The van der Waals surface area contributed by atoms with Crippen LogP contribution in [0.25, 0.3) is 0 Å². The van der Waals surface area contributed by atoms with Crippen LogP contribution in [-0.2, 0) is 11.3 Å². The Morgan fingerprint density at radius 3 is 2.44 bits per heavy atom. The molecular formula is C20H25N3O4. The third-order valence-electron chi connectivity index (χ3n) is 4.18. The molecule has 1 N–H and O–H groups in total. The topological polar surface area (TPSA) is 84.7 Å². The minimum Gasteiger partial charge on any atom is -0.495 e. The molecule has 0 bridgehead atoms. The van der Waals surface area contributed by atoms with Gasteiger partial charge in [0.05, 0.1) is 24.3 Å². The van der Waals surface area contributed by atoms with Crippen molar-refractivity contribution in [1.82, 2.24) is 4.90 Å². The molecule has 7 nitrogen and oxygen atoms in total. The summed E-state index contributed by atoms with van der Waals surface area (Å²) in [5.41, 5.74) is 2.57. The average Bonchev–Trinajstić information content (AvgIpc) is 2.61. The highest BCUT2D eigenvalue weighted by atomic mass is 16.6. The lowest BCUT2D eigenvalue weighted by molar-refractivity contribution is -0.384. The van der Waals surface area contributed by atoms with Crippen molar-refractivity contribution < 1.29 is 14.5 Å². The number of carbonyl (C=O) groups is 1. The first-order valence-corrected chi connectivity index (χ1v) is 8.69. The maximum atomic E-state index is 12.3. The number of hydrogen-bond donors (Lipinski definition) is 1. The van der Waals surface area contributed by atoms with E-state index in [1.165, 1.54) is 30.9 Å². The molecular weight excluding hydrogens is 346 g/mol. The third-order valence-corrected chi connectivity index (χ3v) is 4.18. The second kappa shape index (κ2) is 9.14. The Morgan fingerprint density at radius 1 is 1.22 bits per heavy atom. The average molecular weight is 371 g/mol. The predicted octanol–water partition coefficient (Wildman–Crippen LogP) is 3.80. The van der Waals surface area contributed by atoms with Gasteiger partial charge in [-0.2, -0.15) is 0 Å². The van der Waals surface area contributed by atoms with Crippen LogP contribution >= 0.6 is 0 Å². The van der Waals surface area contributed by atoms with Crippen molar-refractivity contribution in [3.8, 4) is 5.75 Å². The maximum absolute atomic E-state index is 12.3. The van der Waals surface area contributed by atoms with Crippen molar-refractivity contribution in [2.24, 2.45) is 0 Å². The molecule has 0 heterocycles. The fourth-order valence-corrected chi connectivity index (χ4v) is 2.72. The number of likely N-dealkylation sites (N-methyl/N-ethyl adjacent to an activating group) is 1. The lowest BCUT2D eigenvalue weighted by Crippen LogP contribution is -2.30. The number of nitrogens with one attached hydrogen (secondary N) is 1. The molecule has 1 amide bonds. The van der Waals surface area contributed by atoms with Crippen LogP contribution in [0, 0.1) is 10.1 Å². The number of nitro benzene ring substituents is 1. The number of rotatable bonds is 8. The monoisotopic (exact) mass is 371 g/mol. The molecule has 0 fully saturated rings. The first-order chi connectivity index (χ1) is 12.8. The molecule has 0 aliphatic rings. The van der Waals surface area contributed by atoms with E-state index in [1.807, 2.05) is 11.9 Å². The summed E-state index contributed by atoms with van der Waals surface area (Å²) in [6.45, 7) is 5.07. The summed E-state index contributed by atoms with van der Waals surface area (Å²) in [6, 6.07) is 12.4. The number of ether oxygens (including phenoxy) is 1. The number of non-ortho nitro benzene ring substituents is 1. The molecule has 27 heavy (non-hydrogen) atoms. The van der Waals surface area contributed by atoms with Crippen LogP contribution in [0.5, 0.6) is 5.75 Å². The highest BCUT2D eigenvalue weighted by molar-refractivity contribution is 5.94. The van der Waals surface area contributed by atoms with E-state index >= 15 is 0 Å². The lowest BCUT2D eigenvalue weighted by Gasteiger charge is -2.17. The number of anilines is 1. The summed E-state index contributed by atoms with van der Waals surface area (Å²) in [7, 11) is 3.30. The molecule has 2 rings (SSSR count). The minimum absolute atomic E-state index is 0.107. The Bertz CT molecular complexity index is 803. The van der Waals surface area contributed by atoms with Crippen LogP contribution in [0.3, 0.4) is 0 Å². The van der Waals surface area contributed by atoms with Gasteiger partial charge in [-0.15, -0.1) is 0 Å². The van der Waals surface area contributed by atoms with Crippen LogP contribution in [-0.4, -0.2) is 36.4 Å². The normalized spacial score (nSPS) is 10.9. The fourth-order valence-electron chi connectivity index (χ4n) is 2.72. The minimum atomic E-state index is -0.512. The zero-order chi connectivity index (χ0) is 20.0. The van der Waals surface area contributed by atoms with E-state index in [0.29, 0.717) is 18.2 Å². The number of nitrogens with zero attached hydrogens (tertiary/aromatic N) is 2. The number of nitro groups is 1. The molecule has 2 aromatic carbocycles. The number of benzene rings is 2. The van der Waals surface area contributed by atoms with E-state index < -0.39 is 4.92 Å². The Labute approximate surface area is 159 Å². The van der Waals surface area contributed by atoms with Crippen LogP contribution in [0.15, 0.2) is 42.5 Å². The second-order valence-corrected chi connectivity index (χ2v) is 6.76. The maximum Gasteiger partial charge on any atom is 0.271 e. The number of methoxy groups -OCH3 is 1. The third kappa shape index (κ3) is 5.79. The SMILES string of the molecule is COc1ccc([N+](=O)[O-])cc1NC(=O)CN(C)Cc1ccc(C(C)C)cc1. The lowest BCUT2D eigenvalue weighted by atomic mass is 10.0. The molecule has 0 atom stereocenters. The summed E-state index contributed by atoms with van der Waals surface area (Å²) in [5.74, 6) is 0.587. The molecule has 0 radical (unpaired) electrons. The van der Waals surface area contributed by atoms with Gasteiger partial charge >= 0.3 is 0 Å². The number of hydrogen-bond acceptors (Lipinski definition) is 5. The molecule has 0 aliphatic heterocycles. The standard InChI is InChI=1S/C20H25N3O4/c1-14(2)16-7-5-15(6-8-16)12-22(3)13-20(24)21-18-11-17(23(25)26)9-10-19(18)27-4/h5-11,14H,12-13H2,1-4H3,(H,21,24). The molecule has 0 aliphatic carbocycles. The summed E-state index contributed by atoms with van der Waals surface area (Å²) >= 11 is 0. The number of amides is 1. The molecule has 0 saturated carbocycles. The van der Waals surface area contributed by atoms with Crippen molar-refractivity contribution in [3.05, 3.63) is 63.7 Å². The Balaban J connectivity index is 1.98. The molecule has 0 saturated heterocycles. The second-order valence-electron chi connectivity index (χ2n) is 6.76. The first kappa shape index (κ1) is 20.4. The fraction of sp³-hybridized carbons (Fsp3) is 0.350. The van der Waals surface area contributed by atoms with Gasteiger partial charge in [-0.25, -0.2) is 0 Å². The van der Waals surface area contributed by atoms with Gasteiger partial charge in [0.25, 0.3) is 5.69 Å². The van der Waals surface area contributed by atoms with Crippen molar-refractivity contribution in [3.63, 3.8) is 0 Å². The molecule has 2 aromatic rings. The van der Waals surface area contributed by atoms with Crippen LogP contribution in [0.2, 0.25) is 0 Å². The highest BCUT2D eigenvalue weighted by Crippen LogP contribution is 2.28. The van der Waals surface area contributed by atoms with Gasteiger partial charge in [0.15, 0.2) is 0 Å². The van der Waals surface area contributed by atoms with E-state index in [-0.39, 0.29) is 23.8 Å². The molecule has 7 heteroatoms. The quantitative estimate of drug-likeness (QED) is 0.564. The van der Waals surface area contributed by atoms with Gasteiger partial charge in [-0.3, -0.25) is 19.8 Å². The van der Waals surface area contributed by atoms with Crippen LogP contribution < -0.4 is 10.1 Å². The van der Waals surface area contributed by atoms with E-state index in [0.717, 1.165) is 5.56 Å². The molecule has 0 aromatic heterocycles. The first-order valence-electron chi connectivity index (χ1n) is 8.69.